The van der Waals surface area contributed by atoms with Crippen molar-refractivity contribution in [2.45, 2.75) is 25.8 Å². The highest BCUT2D eigenvalue weighted by Gasteiger charge is 2.08. The topological polar surface area (TPSA) is 49.8 Å². The Balaban J connectivity index is 2.95. The zero-order chi connectivity index (χ0) is 10.6. The van der Waals surface area contributed by atoms with Gasteiger partial charge in [0.2, 0.25) is 0 Å². The molecule has 3 heteroatoms. The number of rotatable bonds is 3. The second-order valence-electron chi connectivity index (χ2n) is 3.25. The summed E-state index contributed by atoms with van der Waals surface area (Å²) in [5.41, 5.74) is 6.74. The average Bonchev–Trinajstić information content (AvgIpc) is 2.19. The van der Waals surface area contributed by atoms with Crippen LogP contribution in [0.15, 0.2) is 18.2 Å². The van der Waals surface area contributed by atoms with E-state index in [0.717, 1.165) is 18.4 Å². The zero-order valence-electron chi connectivity index (χ0n) is 8.13. The molecule has 0 spiro atoms. The molecule has 0 aromatic heterocycles. The molecule has 0 saturated heterocycles. The largest absolute Gasteiger partial charge is 0.324 e. The molecular weight excluding hydrogens is 179 g/mol. The molecule has 0 aliphatic rings. The summed E-state index contributed by atoms with van der Waals surface area (Å²) in [7, 11) is 0. The Bertz CT molecular complexity index is 355. The van der Waals surface area contributed by atoms with Crippen molar-refractivity contribution in [3.63, 3.8) is 0 Å². The molecule has 14 heavy (non-hydrogen) atoms. The predicted molar refractivity (Wildman–Crippen MR) is 53.0 cm³/mol. The molecule has 0 saturated carbocycles. The molecule has 0 aliphatic heterocycles. The molecule has 1 atom stereocenters. The lowest BCUT2D eigenvalue weighted by atomic mass is 10.0. The average molecular weight is 192 g/mol. The molecule has 74 valence electrons. The Hall–Kier alpha value is -1.40. The second-order valence-corrected chi connectivity index (χ2v) is 3.25. The predicted octanol–water partition coefficient (Wildman–Crippen LogP) is 2.50. The van der Waals surface area contributed by atoms with Gasteiger partial charge in [-0.1, -0.05) is 19.4 Å². The summed E-state index contributed by atoms with van der Waals surface area (Å²) in [6, 6.07) is 6.15. The SMILES string of the molecule is CCCC(N)c1ccc(F)c(C#N)c1. The van der Waals surface area contributed by atoms with Crippen LogP contribution in [0.2, 0.25) is 0 Å². The van der Waals surface area contributed by atoms with E-state index in [0.29, 0.717) is 0 Å². The van der Waals surface area contributed by atoms with Gasteiger partial charge in [0.05, 0.1) is 5.56 Å². The van der Waals surface area contributed by atoms with Gasteiger partial charge < -0.3 is 5.73 Å². The van der Waals surface area contributed by atoms with Crippen molar-refractivity contribution in [2.75, 3.05) is 0 Å². The van der Waals surface area contributed by atoms with E-state index < -0.39 is 5.82 Å². The number of nitrogens with zero attached hydrogens (tertiary/aromatic N) is 1. The van der Waals surface area contributed by atoms with Crippen molar-refractivity contribution in [1.82, 2.24) is 0 Å². The van der Waals surface area contributed by atoms with E-state index in [1.54, 1.807) is 12.1 Å². The quantitative estimate of drug-likeness (QED) is 0.799. The van der Waals surface area contributed by atoms with Crippen LogP contribution in [0.3, 0.4) is 0 Å². The van der Waals surface area contributed by atoms with E-state index in [1.165, 1.54) is 12.1 Å². The van der Waals surface area contributed by atoms with Crippen LogP contribution >= 0.6 is 0 Å². The Morgan fingerprint density at radius 1 is 1.57 bits per heavy atom. The zero-order valence-corrected chi connectivity index (χ0v) is 8.13. The fourth-order valence-corrected chi connectivity index (χ4v) is 1.34. The van der Waals surface area contributed by atoms with Gasteiger partial charge in [0.1, 0.15) is 11.9 Å². The fourth-order valence-electron chi connectivity index (χ4n) is 1.34. The van der Waals surface area contributed by atoms with Crippen molar-refractivity contribution in [3.8, 4) is 6.07 Å². The maximum absolute atomic E-state index is 13.0. The number of nitrogens with two attached hydrogens (primary N) is 1. The van der Waals surface area contributed by atoms with E-state index in [4.69, 9.17) is 11.0 Å². The summed E-state index contributed by atoms with van der Waals surface area (Å²) < 4.78 is 13.0. The maximum atomic E-state index is 13.0. The van der Waals surface area contributed by atoms with E-state index in [2.05, 4.69) is 0 Å². The Kier molecular flexibility index (Phi) is 3.61. The van der Waals surface area contributed by atoms with Crippen molar-refractivity contribution < 1.29 is 4.39 Å². The lowest BCUT2D eigenvalue weighted by molar-refractivity contribution is 0.613. The first-order valence-corrected chi connectivity index (χ1v) is 4.64. The Morgan fingerprint density at radius 2 is 2.29 bits per heavy atom. The minimum atomic E-state index is -0.486. The van der Waals surface area contributed by atoms with Crippen LogP contribution in [-0.2, 0) is 0 Å². The smallest absolute Gasteiger partial charge is 0.140 e. The van der Waals surface area contributed by atoms with Crippen LogP contribution in [0.5, 0.6) is 0 Å². The van der Waals surface area contributed by atoms with Gasteiger partial charge in [0.25, 0.3) is 0 Å². The molecule has 2 nitrogen and oxygen atoms in total. The lowest BCUT2D eigenvalue weighted by Crippen LogP contribution is -2.10. The van der Waals surface area contributed by atoms with Gasteiger partial charge in [-0.25, -0.2) is 4.39 Å². The molecule has 1 aromatic rings. The minimum Gasteiger partial charge on any atom is -0.324 e. The molecule has 0 amide bonds. The van der Waals surface area contributed by atoms with Gasteiger partial charge in [-0.05, 0) is 24.1 Å². The monoisotopic (exact) mass is 192 g/mol. The summed E-state index contributed by atoms with van der Waals surface area (Å²) in [5.74, 6) is -0.486. The van der Waals surface area contributed by atoms with E-state index in [-0.39, 0.29) is 11.6 Å². The van der Waals surface area contributed by atoms with Crippen molar-refractivity contribution in [3.05, 3.63) is 35.1 Å². The molecule has 2 N–H and O–H groups in total. The third-order valence-corrected chi connectivity index (χ3v) is 2.14. The van der Waals surface area contributed by atoms with Gasteiger partial charge in [0.15, 0.2) is 0 Å². The third-order valence-electron chi connectivity index (χ3n) is 2.14. The van der Waals surface area contributed by atoms with Gasteiger partial charge in [0, 0.05) is 6.04 Å². The number of hydrogen-bond acceptors (Lipinski definition) is 2. The summed E-state index contributed by atoms with van der Waals surface area (Å²) in [6.45, 7) is 2.04. The first kappa shape index (κ1) is 10.7. The molecule has 1 unspecified atom stereocenters. The van der Waals surface area contributed by atoms with Crippen molar-refractivity contribution in [1.29, 1.82) is 5.26 Å². The number of hydrogen-bond donors (Lipinski definition) is 1. The molecule has 0 bridgehead atoms. The third kappa shape index (κ3) is 2.30. The van der Waals surface area contributed by atoms with Crippen LogP contribution in [0.1, 0.15) is 36.9 Å². The van der Waals surface area contributed by atoms with Crippen molar-refractivity contribution in [2.24, 2.45) is 5.73 Å². The van der Waals surface area contributed by atoms with Crippen LogP contribution in [0.4, 0.5) is 4.39 Å². The highest BCUT2D eigenvalue weighted by atomic mass is 19.1. The fraction of sp³-hybridized carbons (Fsp3) is 0.364. The Morgan fingerprint density at radius 3 is 2.86 bits per heavy atom. The van der Waals surface area contributed by atoms with Gasteiger partial charge >= 0.3 is 0 Å². The van der Waals surface area contributed by atoms with E-state index in [9.17, 15) is 4.39 Å². The standard InChI is InChI=1S/C11H13FN2/c1-2-3-11(14)8-4-5-10(12)9(6-8)7-13/h4-6,11H,2-3,14H2,1H3. The number of benzene rings is 1. The maximum Gasteiger partial charge on any atom is 0.140 e. The molecule has 0 aliphatic carbocycles. The first-order valence-electron chi connectivity index (χ1n) is 4.64. The molecule has 1 rings (SSSR count). The van der Waals surface area contributed by atoms with E-state index >= 15 is 0 Å². The van der Waals surface area contributed by atoms with Gasteiger partial charge in [-0.3, -0.25) is 0 Å². The van der Waals surface area contributed by atoms with E-state index in [1.807, 2.05) is 6.92 Å². The van der Waals surface area contributed by atoms with Crippen molar-refractivity contribution >= 4 is 0 Å². The summed E-state index contributed by atoms with van der Waals surface area (Å²) in [6.07, 6.45) is 1.82. The molecule has 1 aromatic carbocycles. The van der Waals surface area contributed by atoms with Crippen LogP contribution in [-0.4, -0.2) is 0 Å². The molecular formula is C11H13FN2. The summed E-state index contributed by atoms with van der Waals surface area (Å²) in [5, 5.41) is 8.62. The van der Waals surface area contributed by atoms with Gasteiger partial charge in [-0.15, -0.1) is 0 Å². The van der Waals surface area contributed by atoms with Crippen LogP contribution < -0.4 is 5.73 Å². The molecule has 0 heterocycles. The van der Waals surface area contributed by atoms with Crippen LogP contribution in [0.25, 0.3) is 0 Å². The second kappa shape index (κ2) is 4.73. The summed E-state index contributed by atoms with van der Waals surface area (Å²) >= 11 is 0. The number of nitriles is 1. The highest BCUT2D eigenvalue weighted by Crippen LogP contribution is 2.18. The normalized spacial score (nSPS) is 12.1. The minimum absolute atomic E-state index is 0.0639. The van der Waals surface area contributed by atoms with Gasteiger partial charge in [-0.2, -0.15) is 5.26 Å². The van der Waals surface area contributed by atoms with Crippen LogP contribution in [0, 0.1) is 17.1 Å². The number of halogens is 1. The Labute approximate surface area is 83.2 Å². The lowest BCUT2D eigenvalue weighted by Gasteiger charge is -2.10. The first-order chi connectivity index (χ1) is 6.69. The highest BCUT2D eigenvalue weighted by molar-refractivity contribution is 5.35. The summed E-state index contributed by atoms with van der Waals surface area (Å²) in [4.78, 5) is 0. The molecule has 0 fully saturated rings. The molecule has 0 radical (unpaired) electrons.